The molecule has 0 saturated carbocycles. The van der Waals surface area contributed by atoms with Crippen molar-refractivity contribution in [2.45, 2.75) is 13.5 Å². The van der Waals surface area contributed by atoms with Crippen molar-refractivity contribution < 1.29 is 4.79 Å². The first-order chi connectivity index (χ1) is 14.5. The van der Waals surface area contributed by atoms with Crippen molar-refractivity contribution in [2.24, 2.45) is 0 Å². The first-order valence-electron chi connectivity index (χ1n) is 9.86. The molecule has 1 saturated heterocycles. The summed E-state index contributed by atoms with van der Waals surface area (Å²) < 4.78 is 1.63. The van der Waals surface area contributed by atoms with Gasteiger partial charge in [0, 0.05) is 43.9 Å². The van der Waals surface area contributed by atoms with Crippen LogP contribution in [0.25, 0.3) is 5.69 Å². The summed E-state index contributed by atoms with van der Waals surface area (Å²) in [6, 6.07) is 11.2. The maximum absolute atomic E-state index is 12.6. The zero-order valence-electron chi connectivity index (χ0n) is 17.0. The van der Waals surface area contributed by atoms with Gasteiger partial charge in [-0.25, -0.2) is 14.6 Å². The van der Waals surface area contributed by atoms with Gasteiger partial charge in [0.2, 0.25) is 5.82 Å². The van der Waals surface area contributed by atoms with Crippen molar-refractivity contribution in [3.63, 3.8) is 0 Å². The summed E-state index contributed by atoms with van der Waals surface area (Å²) in [7, 11) is 2.13. The molecule has 0 unspecified atom stereocenters. The maximum Gasteiger partial charge on any atom is 0.291 e. The first kappa shape index (κ1) is 20.3. The molecular formula is C21H24ClN7O. The van der Waals surface area contributed by atoms with E-state index >= 15 is 0 Å². The Bertz CT molecular complexity index is 1030. The van der Waals surface area contributed by atoms with E-state index in [2.05, 4.69) is 37.2 Å². The number of nitrogens with one attached hydrogen (secondary N) is 1. The molecule has 2 aromatic heterocycles. The number of aryl methyl sites for hydroxylation is 1. The second-order valence-electron chi connectivity index (χ2n) is 7.37. The van der Waals surface area contributed by atoms with Gasteiger partial charge in [0.05, 0.1) is 5.69 Å². The summed E-state index contributed by atoms with van der Waals surface area (Å²) in [5.41, 5.74) is 1.79. The maximum atomic E-state index is 12.6. The molecule has 1 aromatic carbocycles. The number of likely N-dealkylation sites (N-methyl/N-ethyl adjacent to an activating group) is 1. The lowest BCUT2D eigenvalue weighted by atomic mass is 10.2. The molecule has 1 amide bonds. The Balaban J connectivity index is 1.41. The van der Waals surface area contributed by atoms with Crippen molar-refractivity contribution in [1.29, 1.82) is 0 Å². The minimum Gasteiger partial charge on any atom is -0.354 e. The number of benzene rings is 1. The third kappa shape index (κ3) is 4.60. The van der Waals surface area contributed by atoms with Crippen LogP contribution in [0.15, 0.2) is 42.6 Å². The Labute approximate surface area is 180 Å². The standard InChI is InChI=1S/C21H24ClN7O/c1-15-25-20(26-29(15)18-5-3-17(22)4-6-18)21(30)24-14-16-7-8-23-19(13-16)28-11-9-27(2)10-12-28/h3-8,13H,9-12,14H2,1-2H3,(H,24,30). The molecule has 3 aromatic rings. The highest BCUT2D eigenvalue weighted by Gasteiger charge is 2.17. The molecule has 1 aliphatic rings. The van der Waals surface area contributed by atoms with Crippen LogP contribution in [0.3, 0.4) is 0 Å². The van der Waals surface area contributed by atoms with Gasteiger partial charge in [0.15, 0.2) is 0 Å². The molecule has 30 heavy (non-hydrogen) atoms. The number of pyridine rings is 1. The van der Waals surface area contributed by atoms with Gasteiger partial charge in [0.25, 0.3) is 5.91 Å². The number of rotatable bonds is 5. The molecule has 4 rings (SSSR count). The van der Waals surface area contributed by atoms with E-state index in [0.717, 1.165) is 43.2 Å². The molecule has 0 bridgehead atoms. The predicted molar refractivity (Wildman–Crippen MR) is 116 cm³/mol. The van der Waals surface area contributed by atoms with Crippen LogP contribution in [-0.4, -0.2) is 63.8 Å². The Kier molecular flexibility index (Phi) is 5.96. The summed E-state index contributed by atoms with van der Waals surface area (Å²) in [6.45, 7) is 6.13. The van der Waals surface area contributed by atoms with Gasteiger partial charge in [-0.3, -0.25) is 4.79 Å². The van der Waals surface area contributed by atoms with Crippen molar-refractivity contribution in [3.8, 4) is 5.69 Å². The zero-order chi connectivity index (χ0) is 21.1. The van der Waals surface area contributed by atoms with Crippen LogP contribution >= 0.6 is 11.6 Å². The van der Waals surface area contributed by atoms with Gasteiger partial charge in [0.1, 0.15) is 11.6 Å². The van der Waals surface area contributed by atoms with Gasteiger partial charge in [-0.2, -0.15) is 0 Å². The van der Waals surface area contributed by atoms with E-state index in [1.807, 2.05) is 31.2 Å². The van der Waals surface area contributed by atoms with Crippen molar-refractivity contribution in [1.82, 2.24) is 30.0 Å². The van der Waals surface area contributed by atoms with Crippen LogP contribution in [0.2, 0.25) is 5.02 Å². The number of piperazine rings is 1. The van der Waals surface area contributed by atoms with Crippen LogP contribution in [0, 0.1) is 6.92 Å². The average Bonchev–Trinajstić information content (AvgIpc) is 3.15. The minimum absolute atomic E-state index is 0.135. The van der Waals surface area contributed by atoms with E-state index in [-0.39, 0.29) is 11.7 Å². The molecule has 0 spiro atoms. The summed E-state index contributed by atoms with van der Waals surface area (Å²) in [4.78, 5) is 25.9. The molecule has 156 valence electrons. The van der Waals surface area contributed by atoms with E-state index in [0.29, 0.717) is 17.4 Å². The van der Waals surface area contributed by atoms with Gasteiger partial charge in [-0.05, 0) is 55.9 Å². The molecule has 1 aliphatic heterocycles. The quantitative estimate of drug-likeness (QED) is 0.675. The third-order valence-electron chi connectivity index (χ3n) is 5.13. The van der Waals surface area contributed by atoms with Crippen molar-refractivity contribution in [2.75, 3.05) is 38.1 Å². The lowest BCUT2D eigenvalue weighted by Crippen LogP contribution is -2.44. The second-order valence-corrected chi connectivity index (χ2v) is 7.80. The second kappa shape index (κ2) is 8.81. The van der Waals surface area contributed by atoms with Gasteiger partial charge >= 0.3 is 0 Å². The number of carbonyl (C=O) groups is 1. The van der Waals surface area contributed by atoms with E-state index < -0.39 is 0 Å². The highest BCUT2D eigenvalue weighted by atomic mass is 35.5. The Morgan fingerprint density at radius 2 is 1.87 bits per heavy atom. The fourth-order valence-corrected chi connectivity index (χ4v) is 3.48. The van der Waals surface area contributed by atoms with Crippen LogP contribution in [-0.2, 0) is 6.54 Å². The summed E-state index contributed by atoms with van der Waals surface area (Å²) in [6.07, 6.45) is 1.78. The Hall–Kier alpha value is -2.97. The SMILES string of the molecule is Cc1nc(C(=O)NCc2ccnc(N3CCN(C)CC3)c2)nn1-c1ccc(Cl)cc1. The third-order valence-corrected chi connectivity index (χ3v) is 5.39. The number of hydrogen-bond donors (Lipinski definition) is 1. The molecule has 1 fully saturated rings. The molecule has 8 nitrogen and oxygen atoms in total. The fourth-order valence-electron chi connectivity index (χ4n) is 3.35. The number of hydrogen-bond acceptors (Lipinski definition) is 6. The normalized spacial score (nSPS) is 14.7. The molecule has 0 aliphatic carbocycles. The van der Waals surface area contributed by atoms with Gasteiger partial charge in [-0.15, -0.1) is 5.10 Å². The van der Waals surface area contributed by atoms with Crippen LogP contribution in [0.1, 0.15) is 22.0 Å². The monoisotopic (exact) mass is 425 g/mol. The number of halogens is 1. The van der Waals surface area contributed by atoms with Gasteiger partial charge in [-0.1, -0.05) is 11.6 Å². The van der Waals surface area contributed by atoms with E-state index in [9.17, 15) is 4.79 Å². The highest BCUT2D eigenvalue weighted by molar-refractivity contribution is 6.30. The Morgan fingerprint density at radius 3 is 2.60 bits per heavy atom. The number of aromatic nitrogens is 4. The van der Waals surface area contributed by atoms with Crippen LogP contribution < -0.4 is 10.2 Å². The highest BCUT2D eigenvalue weighted by Crippen LogP contribution is 2.16. The number of amides is 1. The Morgan fingerprint density at radius 1 is 1.13 bits per heavy atom. The van der Waals surface area contributed by atoms with Crippen LogP contribution in [0.4, 0.5) is 5.82 Å². The fraction of sp³-hybridized carbons (Fsp3) is 0.333. The number of carbonyl (C=O) groups excluding carboxylic acids is 1. The van der Waals surface area contributed by atoms with Gasteiger partial charge < -0.3 is 15.1 Å². The van der Waals surface area contributed by atoms with Crippen LogP contribution in [0.5, 0.6) is 0 Å². The van der Waals surface area contributed by atoms with E-state index in [1.165, 1.54) is 0 Å². The summed E-state index contributed by atoms with van der Waals surface area (Å²) in [5.74, 6) is 1.39. The minimum atomic E-state index is -0.316. The predicted octanol–water partition coefficient (Wildman–Crippen LogP) is 2.31. The summed E-state index contributed by atoms with van der Waals surface area (Å²) in [5, 5.41) is 7.89. The molecule has 9 heteroatoms. The largest absolute Gasteiger partial charge is 0.354 e. The topological polar surface area (TPSA) is 79.2 Å². The molecule has 3 heterocycles. The lowest BCUT2D eigenvalue weighted by Gasteiger charge is -2.33. The van der Waals surface area contributed by atoms with E-state index in [1.54, 1.807) is 23.0 Å². The smallest absolute Gasteiger partial charge is 0.291 e. The number of anilines is 1. The van der Waals surface area contributed by atoms with Crippen molar-refractivity contribution in [3.05, 3.63) is 64.8 Å². The molecular weight excluding hydrogens is 402 g/mol. The number of nitrogens with zero attached hydrogens (tertiary/aromatic N) is 6. The lowest BCUT2D eigenvalue weighted by molar-refractivity contribution is 0.0940. The van der Waals surface area contributed by atoms with Crippen molar-refractivity contribution >= 4 is 23.3 Å². The summed E-state index contributed by atoms with van der Waals surface area (Å²) >= 11 is 5.94. The first-order valence-corrected chi connectivity index (χ1v) is 10.2. The average molecular weight is 426 g/mol. The molecule has 1 N–H and O–H groups in total. The zero-order valence-corrected chi connectivity index (χ0v) is 17.8. The van der Waals surface area contributed by atoms with E-state index in [4.69, 9.17) is 11.6 Å². The molecule has 0 radical (unpaired) electrons. The molecule has 0 atom stereocenters.